The van der Waals surface area contributed by atoms with Gasteiger partial charge in [-0.3, -0.25) is 0 Å². The van der Waals surface area contributed by atoms with E-state index in [9.17, 15) is 8.78 Å². The topological polar surface area (TPSA) is 0 Å². The Morgan fingerprint density at radius 1 is 0.730 bits per heavy atom. The molecule has 0 unspecified atom stereocenters. The van der Waals surface area contributed by atoms with Crippen LogP contribution in [0.1, 0.15) is 131 Å². The van der Waals surface area contributed by atoms with Crippen molar-refractivity contribution in [1.82, 2.24) is 0 Å². The first-order valence-electron chi connectivity index (χ1n) is 14.9. The van der Waals surface area contributed by atoms with Crippen LogP contribution >= 0.6 is 0 Å². The number of unbranched alkanes of at least 4 members (excludes halogenated alkanes) is 2. The first-order valence-corrected chi connectivity index (χ1v) is 14.9. The minimum Gasteiger partial charge on any atom is -0.207 e. The fourth-order valence-electron chi connectivity index (χ4n) is 6.69. The highest BCUT2D eigenvalue weighted by atomic mass is 19.2. The van der Waals surface area contributed by atoms with Gasteiger partial charge in [-0.25, -0.2) is 13.2 Å². The molecule has 2 aliphatic rings. The van der Waals surface area contributed by atoms with Gasteiger partial charge in [-0.2, -0.15) is 0 Å². The molecule has 2 aliphatic carbocycles. The molecule has 0 amide bonds. The van der Waals surface area contributed by atoms with E-state index < -0.39 is 11.6 Å². The summed E-state index contributed by atoms with van der Waals surface area (Å²) in [4.78, 5) is 0. The number of hydrogen-bond donors (Lipinski definition) is 0. The van der Waals surface area contributed by atoms with Gasteiger partial charge >= 0.3 is 0 Å². The van der Waals surface area contributed by atoms with E-state index in [4.69, 9.17) is 0 Å². The SMILES string of the molecule is CCCCCc1ccc(C2CCC(C=Cc3ccc(C4CCC(CCC)CC4)c(F)c3F)CC2)c(F)c1. The third-order valence-electron chi connectivity index (χ3n) is 9.02. The van der Waals surface area contributed by atoms with Crippen molar-refractivity contribution in [1.29, 1.82) is 0 Å². The van der Waals surface area contributed by atoms with Crippen molar-refractivity contribution in [2.24, 2.45) is 11.8 Å². The normalized spacial score (nSPS) is 24.6. The molecular weight excluding hydrogens is 465 g/mol. The van der Waals surface area contributed by atoms with E-state index in [1.807, 2.05) is 18.2 Å². The Kier molecular flexibility index (Phi) is 10.3. The van der Waals surface area contributed by atoms with Gasteiger partial charge in [0.2, 0.25) is 0 Å². The van der Waals surface area contributed by atoms with E-state index in [1.54, 1.807) is 18.2 Å². The second-order valence-electron chi connectivity index (χ2n) is 11.7. The molecule has 0 saturated heterocycles. The predicted octanol–water partition coefficient (Wildman–Crippen LogP) is 10.9. The molecule has 202 valence electrons. The van der Waals surface area contributed by atoms with Crippen LogP contribution in [0.2, 0.25) is 0 Å². The fourth-order valence-corrected chi connectivity index (χ4v) is 6.69. The van der Waals surface area contributed by atoms with Crippen molar-refractivity contribution in [2.75, 3.05) is 0 Å². The summed E-state index contributed by atoms with van der Waals surface area (Å²) in [5, 5.41) is 0. The molecule has 4 rings (SSSR count). The predicted molar refractivity (Wildman–Crippen MR) is 149 cm³/mol. The number of hydrogen-bond acceptors (Lipinski definition) is 0. The molecule has 0 nitrogen and oxygen atoms in total. The smallest absolute Gasteiger partial charge is 0.166 e. The zero-order valence-electron chi connectivity index (χ0n) is 22.9. The van der Waals surface area contributed by atoms with Crippen molar-refractivity contribution in [3.8, 4) is 0 Å². The molecule has 0 heterocycles. The van der Waals surface area contributed by atoms with Crippen LogP contribution in [0, 0.1) is 29.3 Å². The van der Waals surface area contributed by atoms with Gasteiger partial charge in [-0.05, 0) is 111 Å². The summed E-state index contributed by atoms with van der Waals surface area (Å²) in [5.41, 5.74) is 2.83. The summed E-state index contributed by atoms with van der Waals surface area (Å²) in [7, 11) is 0. The van der Waals surface area contributed by atoms with E-state index in [-0.39, 0.29) is 17.7 Å². The lowest BCUT2D eigenvalue weighted by molar-refractivity contribution is 0.303. The van der Waals surface area contributed by atoms with E-state index in [0.29, 0.717) is 17.0 Å². The Balaban J connectivity index is 1.31. The van der Waals surface area contributed by atoms with Crippen LogP contribution in [0.15, 0.2) is 36.4 Å². The quantitative estimate of drug-likeness (QED) is 0.279. The summed E-state index contributed by atoms with van der Waals surface area (Å²) in [6.45, 7) is 4.40. The first kappa shape index (κ1) is 28.0. The molecule has 2 aromatic rings. The molecule has 0 spiro atoms. The van der Waals surface area contributed by atoms with E-state index in [1.165, 1.54) is 25.7 Å². The number of aryl methyl sites for hydroxylation is 1. The maximum Gasteiger partial charge on any atom is 0.166 e. The summed E-state index contributed by atoms with van der Waals surface area (Å²) in [6.07, 6.45) is 18.6. The van der Waals surface area contributed by atoms with Crippen molar-refractivity contribution in [3.63, 3.8) is 0 Å². The molecule has 0 radical (unpaired) electrons. The van der Waals surface area contributed by atoms with Crippen LogP contribution in [0.25, 0.3) is 6.08 Å². The number of benzene rings is 2. The first-order chi connectivity index (χ1) is 18.0. The molecule has 37 heavy (non-hydrogen) atoms. The van der Waals surface area contributed by atoms with Crippen LogP contribution in [-0.4, -0.2) is 0 Å². The van der Waals surface area contributed by atoms with E-state index >= 15 is 4.39 Å². The minimum atomic E-state index is -0.709. The van der Waals surface area contributed by atoms with Crippen molar-refractivity contribution in [3.05, 3.63) is 76.1 Å². The Labute approximate surface area is 222 Å². The summed E-state index contributed by atoms with van der Waals surface area (Å²) >= 11 is 0. The zero-order valence-corrected chi connectivity index (χ0v) is 22.9. The standard InChI is InChI=1S/C34H45F3/c1-3-5-6-8-26-14-21-30(32(35)23-26)27-15-11-25(12-16-27)13-19-29-20-22-31(34(37)33(29)36)28-17-9-24(7-4-2)10-18-28/h13-14,19-25,27-28H,3-12,15-18H2,1-2H3. The molecule has 0 aliphatic heterocycles. The lowest BCUT2D eigenvalue weighted by atomic mass is 9.77. The summed E-state index contributed by atoms with van der Waals surface area (Å²) in [6, 6.07) is 9.39. The average Bonchev–Trinajstić information content (AvgIpc) is 2.91. The van der Waals surface area contributed by atoms with Gasteiger partial charge in [0.1, 0.15) is 5.82 Å². The highest BCUT2D eigenvalue weighted by Gasteiger charge is 2.26. The summed E-state index contributed by atoms with van der Waals surface area (Å²) in [5.74, 6) is 0.0283. The highest BCUT2D eigenvalue weighted by Crippen LogP contribution is 2.40. The van der Waals surface area contributed by atoms with Crippen LogP contribution in [-0.2, 0) is 6.42 Å². The van der Waals surface area contributed by atoms with E-state index in [2.05, 4.69) is 19.9 Å². The highest BCUT2D eigenvalue weighted by molar-refractivity contribution is 5.52. The maximum atomic E-state index is 15.0. The van der Waals surface area contributed by atoms with Crippen LogP contribution in [0.3, 0.4) is 0 Å². The van der Waals surface area contributed by atoms with Gasteiger partial charge in [-0.1, -0.05) is 75.9 Å². The third kappa shape index (κ3) is 7.30. The van der Waals surface area contributed by atoms with Gasteiger partial charge in [0, 0.05) is 5.56 Å². The molecular formula is C34H45F3. The van der Waals surface area contributed by atoms with Gasteiger partial charge < -0.3 is 0 Å². The Morgan fingerprint density at radius 3 is 2.08 bits per heavy atom. The van der Waals surface area contributed by atoms with Gasteiger partial charge in [0.05, 0.1) is 0 Å². The second kappa shape index (κ2) is 13.7. The fraction of sp³-hybridized carbons (Fsp3) is 0.588. The van der Waals surface area contributed by atoms with Crippen LogP contribution in [0.4, 0.5) is 13.2 Å². The molecule has 0 bridgehead atoms. The summed E-state index contributed by atoms with van der Waals surface area (Å²) < 4.78 is 44.8. The number of rotatable bonds is 10. The zero-order chi connectivity index (χ0) is 26.2. The molecule has 2 aromatic carbocycles. The molecule has 0 N–H and O–H groups in total. The van der Waals surface area contributed by atoms with Crippen LogP contribution in [0.5, 0.6) is 0 Å². The van der Waals surface area contributed by atoms with Gasteiger partial charge in [0.25, 0.3) is 0 Å². The lowest BCUT2D eigenvalue weighted by Gasteiger charge is -2.29. The number of allylic oxidation sites excluding steroid dienone is 1. The Hall–Kier alpha value is -2.03. The molecule has 2 fully saturated rings. The lowest BCUT2D eigenvalue weighted by Crippen LogP contribution is -2.15. The van der Waals surface area contributed by atoms with Crippen molar-refractivity contribution in [2.45, 2.75) is 116 Å². The monoisotopic (exact) mass is 510 g/mol. The molecule has 0 atom stereocenters. The largest absolute Gasteiger partial charge is 0.207 e. The maximum absolute atomic E-state index is 15.0. The van der Waals surface area contributed by atoms with Gasteiger partial charge in [-0.15, -0.1) is 0 Å². The third-order valence-corrected chi connectivity index (χ3v) is 9.02. The van der Waals surface area contributed by atoms with Crippen molar-refractivity contribution < 1.29 is 13.2 Å². The molecule has 2 saturated carbocycles. The van der Waals surface area contributed by atoms with Crippen LogP contribution < -0.4 is 0 Å². The van der Waals surface area contributed by atoms with Gasteiger partial charge in [0.15, 0.2) is 11.6 Å². The van der Waals surface area contributed by atoms with E-state index in [0.717, 1.165) is 81.3 Å². The van der Waals surface area contributed by atoms with Crippen molar-refractivity contribution >= 4 is 6.08 Å². The Bertz CT molecular complexity index is 1020. The average molecular weight is 511 g/mol. The minimum absolute atomic E-state index is 0.0653. The molecule has 0 aromatic heterocycles. The number of halogens is 3. The second-order valence-corrected chi connectivity index (χ2v) is 11.7. The Morgan fingerprint density at radius 2 is 1.41 bits per heavy atom. The molecule has 3 heteroatoms.